The molecule has 0 saturated heterocycles. The van der Waals surface area contributed by atoms with Crippen molar-refractivity contribution in [1.82, 2.24) is 0 Å². The van der Waals surface area contributed by atoms with E-state index in [0.717, 1.165) is 19.4 Å². The molecule has 2 unspecified atom stereocenters. The molecule has 2 nitrogen and oxygen atoms in total. The van der Waals surface area contributed by atoms with Crippen LogP contribution in [0.25, 0.3) is 0 Å². The van der Waals surface area contributed by atoms with Gasteiger partial charge in [0, 0.05) is 0 Å². The molecule has 2 aliphatic rings. The number of hydrogen-bond donors (Lipinski definition) is 2. The molecule has 0 spiro atoms. The van der Waals surface area contributed by atoms with Gasteiger partial charge in [0.05, 0.1) is 0 Å². The van der Waals surface area contributed by atoms with E-state index in [1.807, 2.05) is 0 Å². The van der Waals surface area contributed by atoms with Gasteiger partial charge in [-0.25, -0.2) is 0 Å². The third kappa shape index (κ3) is 1.15. The molecule has 1 aliphatic heterocycles. The number of nitrogens with two attached hydrogens (primary N) is 1. The molecular formula is C11H13LiN2. The summed E-state index contributed by atoms with van der Waals surface area (Å²) in [6.45, 7) is 1.08. The first-order chi connectivity index (χ1) is 6.75. The maximum absolute atomic E-state index is 6.08. The molecule has 0 amide bonds. The molecule has 1 aliphatic carbocycles. The van der Waals surface area contributed by atoms with E-state index in [0.29, 0.717) is 12.0 Å². The van der Waals surface area contributed by atoms with Crippen LogP contribution in [0.2, 0.25) is 0 Å². The molecule has 1 heterocycles. The molecule has 1 aromatic rings. The van der Waals surface area contributed by atoms with Gasteiger partial charge in [0.25, 0.3) is 0 Å². The molecule has 0 fully saturated rings. The topological polar surface area (TPSA) is 38.0 Å². The fraction of sp³-hybridized carbons (Fsp3) is 0.455. The van der Waals surface area contributed by atoms with Gasteiger partial charge in [0.2, 0.25) is 0 Å². The van der Waals surface area contributed by atoms with Crippen LogP contribution in [-0.4, -0.2) is 30.3 Å². The van der Waals surface area contributed by atoms with Crippen molar-refractivity contribution in [3.05, 3.63) is 23.3 Å². The first kappa shape index (κ1) is 8.85. The Morgan fingerprint density at radius 2 is 2.29 bits per heavy atom. The predicted molar refractivity (Wildman–Crippen MR) is 59.4 cm³/mol. The van der Waals surface area contributed by atoms with Crippen molar-refractivity contribution in [2.24, 2.45) is 5.73 Å². The Bertz CT molecular complexity index is 389. The van der Waals surface area contributed by atoms with E-state index in [4.69, 9.17) is 5.73 Å². The van der Waals surface area contributed by atoms with E-state index in [1.165, 1.54) is 15.5 Å². The molecule has 3 rings (SSSR count). The summed E-state index contributed by atoms with van der Waals surface area (Å²) in [6, 6.07) is 4.79. The molecule has 0 bridgehead atoms. The molecule has 1 aromatic carbocycles. The first-order valence-corrected chi connectivity index (χ1v) is 5.37. The molecule has 0 radical (unpaired) electrons. The Morgan fingerprint density at radius 3 is 3.14 bits per heavy atom. The summed E-state index contributed by atoms with van der Waals surface area (Å²) in [5.74, 6) is 0.670. The second kappa shape index (κ2) is 3.03. The molecular weight excluding hydrogens is 167 g/mol. The van der Waals surface area contributed by atoms with Gasteiger partial charge in [-0.05, 0) is 0 Å². The zero-order valence-corrected chi connectivity index (χ0v) is 8.51. The Balaban J connectivity index is 2.21. The van der Waals surface area contributed by atoms with Crippen molar-refractivity contribution in [3.63, 3.8) is 0 Å². The standard InChI is InChI=1S/C11H13N2.Li/c12-9-4-7-2-1-3-10-11(7)8(5-9)6-13-10;/h1,3,8-9,13H,4-6,12H2;. The average molecular weight is 180 g/mol. The molecule has 3 heteroatoms. The van der Waals surface area contributed by atoms with E-state index in [1.54, 1.807) is 5.56 Å². The van der Waals surface area contributed by atoms with Crippen molar-refractivity contribution < 1.29 is 0 Å². The van der Waals surface area contributed by atoms with Crippen molar-refractivity contribution in [2.45, 2.75) is 24.8 Å². The normalized spacial score (nSPS) is 28.5. The summed E-state index contributed by atoms with van der Waals surface area (Å²) in [7, 11) is 0. The van der Waals surface area contributed by atoms with Crippen LogP contribution >= 0.6 is 0 Å². The van der Waals surface area contributed by atoms with Gasteiger partial charge in [-0.2, -0.15) is 0 Å². The van der Waals surface area contributed by atoms with Gasteiger partial charge in [-0.1, -0.05) is 0 Å². The number of nitrogens with one attached hydrogen (secondary N) is 1. The minimum atomic E-state index is 0.362. The fourth-order valence-electron chi connectivity index (χ4n) is 2.91. The molecule has 0 saturated carbocycles. The predicted octanol–water partition coefficient (Wildman–Crippen LogP) is 0.263. The average Bonchev–Trinajstić information content (AvgIpc) is 2.55. The second-order valence-corrected chi connectivity index (χ2v) is 4.60. The summed E-state index contributed by atoms with van der Waals surface area (Å²) in [6.07, 6.45) is 2.21. The Labute approximate surface area is 93.5 Å². The van der Waals surface area contributed by atoms with E-state index < -0.39 is 0 Å². The monoisotopic (exact) mass is 180 g/mol. The minimum absolute atomic E-state index is 0.362. The third-order valence-electron chi connectivity index (χ3n) is 3.59. The number of benzene rings is 1. The van der Waals surface area contributed by atoms with Crippen molar-refractivity contribution >= 4 is 27.6 Å². The van der Waals surface area contributed by atoms with Gasteiger partial charge in [-0.15, -0.1) is 0 Å². The summed E-state index contributed by atoms with van der Waals surface area (Å²) in [5.41, 5.74) is 10.5. The van der Waals surface area contributed by atoms with Gasteiger partial charge < -0.3 is 0 Å². The quantitative estimate of drug-likeness (QED) is 0.562. The second-order valence-electron chi connectivity index (χ2n) is 4.60. The molecule has 2 atom stereocenters. The van der Waals surface area contributed by atoms with Crippen molar-refractivity contribution in [2.75, 3.05) is 11.9 Å². The van der Waals surface area contributed by atoms with Gasteiger partial charge in [0.15, 0.2) is 0 Å². The fourth-order valence-corrected chi connectivity index (χ4v) is 2.91. The van der Waals surface area contributed by atoms with E-state index >= 15 is 0 Å². The summed E-state index contributed by atoms with van der Waals surface area (Å²) in [4.78, 5) is 0. The summed E-state index contributed by atoms with van der Waals surface area (Å²) in [5, 5.41) is 3.47. The van der Waals surface area contributed by atoms with Gasteiger partial charge >= 0.3 is 93.3 Å². The summed E-state index contributed by atoms with van der Waals surface area (Å²) >= 11 is 2.20. The first-order valence-electron chi connectivity index (χ1n) is 5.37. The molecule has 14 heavy (non-hydrogen) atoms. The van der Waals surface area contributed by atoms with Crippen LogP contribution in [0.15, 0.2) is 12.1 Å². The van der Waals surface area contributed by atoms with Gasteiger partial charge in [0.1, 0.15) is 0 Å². The van der Waals surface area contributed by atoms with Crippen LogP contribution in [-0.2, 0) is 6.42 Å². The van der Waals surface area contributed by atoms with Crippen LogP contribution in [0.1, 0.15) is 23.5 Å². The number of hydrogen-bond acceptors (Lipinski definition) is 2. The van der Waals surface area contributed by atoms with Crippen LogP contribution < -0.4 is 15.3 Å². The van der Waals surface area contributed by atoms with E-state index in [9.17, 15) is 0 Å². The zero-order valence-electron chi connectivity index (χ0n) is 8.51. The Morgan fingerprint density at radius 1 is 1.43 bits per heavy atom. The Hall–Kier alpha value is -0.423. The Kier molecular flexibility index (Phi) is 1.92. The molecule has 3 N–H and O–H groups in total. The SMILES string of the molecule is [Li][c]1ccc2c3c1CC(N)CC3CN2. The van der Waals surface area contributed by atoms with Crippen molar-refractivity contribution in [3.8, 4) is 0 Å². The molecule has 68 valence electrons. The zero-order chi connectivity index (χ0) is 9.71. The van der Waals surface area contributed by atoms with Crippen LogP contribution in [0.5, 0.6) is 0 Å². The number of rotatable bonds is 0. The van der Waals surface area contributed by atoms with Crippen LogP contribution in [0, 0.1) is 0 Å². The van der Waals surface area contributed by atoms with E-state index in [2.05, 4.69) is 35.2 Å². The summed E-state index contributed by atoms with van der Waals surface area (Å²) < 4.78 is 1.41. The molecule has 0 aromatic heterocycles. The van der Waals surface area contributed by atoms with E-state index in [-0.39, 0.29) is 0 Å². The van der Waals surface area contributed by atoms with Gasteiger partial charge in [-0.3, -0.25) is 0 Å². The third-order valence-corrected chi connectivity index (χ3v) is 3.59. The van der Waals surface area contributed by atoms with Crippen molar-refractivity contribution in [1.29, 1.82) is 0 Å². The number of anilines is 1. The maximum atomic E-state index is 6.08. The van der Waals surface area contributed by atoms with Crippen LogP contribution in [0.4, 0.5) is 5.69 Å². The van der Waals surface area contributed by atoms with Crippen LogP contribution in [0.3, 0.4) is 0 Å².